The number of aliphatic hydroxyl groups is 4. The van der Waals surface area contributed by atoms with E-state index >= 15 is 0 Å². The van der Waals surface area contributed by atoms with Crippen LogP contribution in [0, 0.1) is 0 Å². The number of rotatable bonds is 2. The Kier molecular flexibility index (Phi) is 5.86. The number of carbonyl (C=O) groups excluding carboxylic acids is 1. The Labute approximate surface area is 89.8 Å². The molecule has 0 aliphatic carbocycles. The molecule has 9 nitrogen and oxygen atoms in total. The van der Waals surface area contributed by atoms with Crippen molar-refractivity contribution in [3.8, 4) is 0 Å². The summed E-state index contributed by atoms with van der Waals surface area (Å²) in [7, 11) is -2.87. The molecule has 0 aromatic rings. The molecule has 0 aromatic carbocycles. The lowest BCUT2D eigenvalue weighted by Gasteiger charge is -2.13. The van der Waals surface area contributed by atoms with E-state index in [4.69, 9.17) is 34.8 Å². The Morgan fingerprint density at radius 2 is 1.81 bits per heavy atom. The first-order chi connectivity index (χ1) is 7.31. The number of hydrogen-bond donors (Lipinski definition) is 6. The minimum atomic E-state index is -2.87. The van der Waals surface area contributed by atoms with Crippen molar-refractivity contribution in [1.29, 1.82) is 0 Å². The van der Waals surface area contributed by atoms with Gasteiger partial charge in [-0.05, 0) is 0 Å². The number of cyclic esters (lactones) is 1. The molecule has 6 N–H and O–H groups in total. The van der Waals surface area contributed by atoms with Crippen molar-refractivity contribution in [2.75, 3.05) is 6.61 Å². The van der Waals surface area contributed by atoms with Gasteiger partial charge in [-0.2, -0.15) is 0 Å². The van der Waals surface area contributed by atoms with Crippen LogP contribution in [-0.4, -0.2) is 55.0 Å². The SMILES string of the molecule is O=C1O[C@H]([C@@H](O)CO)C(O)=C1O.O=[P+](O)O. The Morgan fingerprint density at radius 3 is 2.06 bits per heavy atom. The summed E-state index contributed by atoms with van der Waals surface area (Å²) in [5, 5.41) is 35.0. The van der Waals surface area contributed by atoms with Crippen molar-refractivity contribution >= 4 is 14.2 Å². The summed E-state index contributed by atoms with van der Waals surface area (Å²) in [6.45, 7) is -0.671. The van der Waals surface area contributed by atoms with Gasteiger partial charge in [0.25, 0.3) is 0 Å². The predicted molar refractivity (Wildman–Crippen MR) is 47.3 cm³/mol. The fraction of sp³-hybridized carbons (Fsp3) is 0.500. The molecule has 0 amide bonds. The minimum Gasteiger partial charge on any atom is -0.505 e. The molecule has 1 rings (SSSR count). The maximum atomic E-state index is 10.5. The van der Waals surface area contributed by atoms with Gasteiger partial charge in [0.2, 0.25) is 5.76 Å². The molecule has 92 valence electrons. The second-order valence-corrected chi connectivity index (χ2v) is 3.07. The molecule has 0 aromatic heterocycles. The number of ether oxygens (including phenoxy) is 1. The van der Waals surface area contributed by atoms with Crippen LogP contribution in [0.1, 0.15) is 0 Å². The Morgan fingerprint density at radius 1 is 1.38 bits per heavy atom. The summed E-state index contributed by atoms with van der Waals surface area (Å²) >= 11 is 0. The first-order valence-electron chi connectivity index (χ1n) is 3.78. The maximum Gasteiger partial charge on any atom is 0.692 e. The smallest absolute Gasteiger partial charge is 0.505 e. The Hall–Kier alpha value is -1.25. The van der Waals surface area contributed by atoms with Gasteiger partial charge in [0, 0.05) is 4.57 Å². The molecule has 0 saturated carbocycles. The van der Waals surface area contributed by atoms with Crippen LogP contribution >= 0.6 is 8.25 Å². The van der Waals surface area contributed by atoms with Crippen LogP contribution in [0.2, 0.25) is 0 Å². The third-order valence-corrected chi connectivity index (χ3v) is 1.48. The summed E-state index contributed by atoms with van der Waals surface area (Å²) in [5.74, 6) is -2.78. The van der Waals surface area contributed by atoms with Crippen LogP contribution in [0.15, 0.2) is 11.5 Å². The number of carbonyl (C=O) groups is 1. The minimum absolute atomic E-state index is 0.671. The van der Waals surface area contributed by atoms with E-state index in [2.05, 4.69) is 4.74 Å². The van der Waals surface area contributed by atoms with Crippen molar-refractivity contribution in [1.82, 2.24) is 0 Å². The molecule has 0 spiro atoms. The van der Waals surface area contributed by atoms with Gasteiger partial charge in [0.1, 0.15) is 6.10 Å². The molecular weight excluding hydrogens is 247 g/mol. The zero-order chi connectivity index (χ0) is 12.9. The number of hydrogen-bond acceptors (Lipinski definition) is 7. The second kappa shape index (κ2) is 6.36. The highest BCUT2D eigenvalue weighted by molar-refractivity contribution is 7.30. The fourth-order valence-corrected chi connectivity index (χ4v) is 0.823. The van der Waals surface area contributed by atoms with E-state index in [0.29, 0.717) is 0 Å². The first-order valence-corrected chi connectivity index (χ1v) is 4.94. The van der Waals surface area contributed by atoms with Crippen LogP contribution < -0.4 is 0 Å². The van der Waals surface area contributed by atoms with Crippen LogP contribution in [-0.2, 0) is 14.1 Å². The van der Waals surface area contributed by atoms with Crippen molar-refractivity contribution in [3.05, 3.63) is 11.5 Å². The van der Waals surface area contributed by atoms with Crippen LogP contribution in [0.25, 0.3) is 0 Å². The number of aliphatic hydroxyl groups excluding tert-OH is 4. The Balaban J connectivity index is 0.000000487. The average molecular weight is 257 g/mol. The molecule has 10 heteroatoms. The highest BCUT2D eigenvalue weighted by Gasteiger charge is 2.38. The van der Waals surface area contributed by atoms with Gasteiger partial charge in [-0.1, -0.05) is 0 Å². The highest BCUT2D eigenvalue weighted by atomic mass is 31.1. The van der Waals surface area contributed by atoms with Gasteiger partial charge in [0.05, 0.1) is 6.61 Å². The predicted octanol–water partition coefficient (Wildman–Crippen LogP) is -1.78. The van der Waals surface area contributed by atoms with Crippen LogP contribution in [0.3, 0.4) is 0 Å². The third-order valence-electron chi connectivity index (χ3n) is 1.48. The highest BCUT2D eigenvalue weighted by Crippen LogP contribution is 2.20. The zero-order valence-corrected chi connectivity index (χ0v) is 8.61. The second-order valence-electron chi connectivity index (χ2n) is 2.56. The molecule has 2 atom stereocenters. The lowest BCUT2D eigenvalue weighted by atomic mass is 10.2. The average Bonchev–Trinajstić information content (AvgIpc) is 2.44. The summed E-state index contributed by atoms with van der Waals surface area (Å²) < 4.78 is 13.0. The lowest BCUT2D eigenvalue weighted by Crippen LogP contribution is -2.31. The molecule has 1 heterocycles. The Bertz CT molecular complexity index is 307. The molecule has 0 bridgehead atoms. The lowest BCUT2D eigenvalue weighted by molar-refractivity contribution is -0.147. The van der Waals surface area contributed by atoms with Crippen molar-refractivity contribution in [2.24, 2.45) is 0 Å². The maximum absolute atomic E-state index is 10.5. The van der Waals surface area contributed by atoms with Gasteiger partial charge in [-0.15, -0.1) is 9.79 Å². The molecule has 0 saturated heterocycles. The monoisotopic (exact) mass is 257 g/mol. The summed E-state index contributed by atoms with van der Waals surface area (Å²) in [6, 6.07) is 0. The van der Waals surface area contributed by atoms with Crippen LogP contribution in [0.5, 0.6) is 0 Å². The van der Waals surface area contributed by atoms with E-state index in [1.807, 2.05) is 0 Å². The normalized spacial score (nSPS) is 21.0. The van der Waals surface area contributed by atoms with E-state index in [0.717, 1.165) is 0 Å². The van der Waals surface area contributed by atoms with E-state index in [9.17, 15) is 4.79 Å². The van der Waals surface area contributed by atoms with Gasteiger partial charge < -0.3 is 25.2 Å². The molecular formula is C6H10O9P+. The summed E-state index contributed by atoms with van der Waals surface area (Å²) in [6.07, 6.45) is -2.78. The van der Waals surface area contributed by atoms with Gasteiger partial charge in [-0.25, -0.2) is 4.79 Å². The first kappa shape index (κ1) is 14.8. The fourth-order valence-electron chi connectivity index (χ4n) is 0.823. The summed E-state index contributed by atoms with van der Waals surface area (Å²) in [5.41, 5.74) is 0. The third kappa shape index (κ3) is 4.09. The number of esters is 1. The summed E-state index contributed by atoms with van der Waals surface area (Å²) in [4.78, 5) is 24.8. The van der Waals surface area contributed by atoms with Crippen molar-refractivity contribution in [3.63, 3.8) is 0 Å². The molecule has 16 heavy (non-hydrogen) atoms. The van der Waals surface area contributed by atoms with Crippen LogP contribution in [0.4, 0.5) is 0 Å². The van der Waals surface area contributed by atoms with Crippen molar-refractivity contribution < 1.29 is 44.3 Å². The molecule has 0 radical (unpaired) electrons. The molecule has 1 aliphatic heterocycles. The standard InChI is InChI=1S/C6H8O6.HO3P/c7-1-2(8)5-3(9)4(10)6(11)12-5;1-4(2)3/h2,5,7-10H,1H2;(H-,1,2,3)/p+1/t2-,5+;/m0./s1. The van der Waals surface area contributed by atoms with E-state index in [-0.39, 0.29) is 0 Å². The largest absolute Gasteiger partial charge is 0.692 e. The van der Waals surface area contributed by atoms with Crippen molar-refractivity contribution in [2.45, 2.75) is 12.2 Å². The van der Waals surface area contributed by atoms with Gasteiger partial charge in [0.15, 0.2) is 11.9 Å². The van der Waals surface area contributed by atoms with E-state index < -0.39 is 44.6 Å². The van der Waals surface area contributed by atoms with Gasteiger partial charge in [-0.3, -0.25) is 0 Å². The molecule has 0 fully saturated rings. The quantitative estimate of drug-likeness (QED) is 0.247. The molecule has 0 unspecified atom stereocenters. The van der Waals surface area contributed by atoms with E-state index in [1.54, 1.807) is 0 Å². The molecule has 1 aliphatic rings. The van der Waals surface area contributed by atoms with Gasteiger partial charge >= 0.3 is 14.2 Å². The van der Waals surface area contributed by atoms with E-state index in [1.165, 1.54) is 0 Å². The zero-order valence-electron chi connectivity index (χ0n) is 7.72. The topological polar surface area (TPSA) is 165 Å².